The van der Waals surface area contributed by atoms with Gasteiger partial charge in [0.05, 0.1) is 0 Å². The summed E-state index contributed by atoms with van der Waals surface area (Å²) >= 11 is 0. The number of nitrogens with two attached hydrogens (primary N) is 2. The number of phenolic OH excluding ortho intramolecular Hbond substituents is 2. The van der Waals surface area contributed by atoms with Crippen LogP contribution in [0.1, 0.15) is 23.2 Å². The average Bonchev–Trinajstić information content (AvgIpc) is 2.55. The Hall–Kier alpha value is -3.10. The van der Waals surface area contributed by atoms with Gasteiger partial charge in [0.25, 0.3) is 0 Å². The molecule has 0 fully saturated rings. The summed E-state index contributed by atoms with van der Waals surface area (Å²) in [7, 11) is 0. The van der Waals surface area contributed by atoms with Crippen LogP contribution in [0.15, 0.2) is 48.5 Å². The highest BCUT2D eigenvalue weighted by Crippen LogP contribution is 2.15. The van der Waals surface area contributed by atoms with Gasteiger partial charge in [-0.3, -0.25) is 9.59 Å². The van der Waals surface area contributed by atoms with E-state index in [1.165, 1.54) is 48.5 Å². The number of carbonyl (C=O) groups is 2. The van der Waals surface area contributed by atoms with Crippen LogP contribution in [0.25, 0.3) is 0 Å². The molecule has 8 N–H and O–H groups in total. The first kappa shape index (κ1) is 18.9. The molecule has 0 aliphatic carbocycles. The Labute approximate surface area is 137 Å². The molecule has 0 spiro atoms. The van der Waals surface area contributed by atoms with Gasteiger partial charge < -0.3 is 31.9 Å². The predicted octanol–water partition coefficient (Wildman–Crippen LogP) is 0.953. The molecule has 128 valence electrons. The van der Waals surface area contributed by atoms with Crippen LogP contribution in [0.4, 0.5) is 0 Å². The number of aromatic hydroxyl groups is 2. The van der Waals surface area contributed by atoms with Gasteiger partial charge in [0.2, 0.25) is 0 Å². The van der Waals surface area contributed by atoms with Gasteiger partial charge in [-0.05, 0) is 35.4 Å². The highest BCUT2D eigenvalue weighted by atomic mass is 16.4. The Balaban J connectivity index is 0.000000240. The molecule has 2 atom stereocenters. The van der Waals surface area contributed by atoms with Crippen LogP contribution in [-0.4, -0.2) is 32.4 Å². The second kappa shape index (κ2) is 8.51. The van der Waals surface area contributed by atoms with Crippen LogP contribution in [0.2, 0.25) is 0 Å². The lowest BCUT2D eigenvalue weighted by atomic mass is 10.1. The topological polar surface area (TPSA) is 167 Å². The minimum Gasteiger partial charge on any atom is -0.508 e. The Morgan fingerprint density at radius 3 is 1.12 bits per heavy atom. The fourth-order valence-corrected chi connectivity index (χ4v) is 1.65. The van der Waals surface area contributed by atoms with Crippen molar-refractivity contribution >= 4 is 11.9 Å². The number of benzene rings is 2. The zero-order valence-electron chi connectivity index (χ0n) is 12.5. The smallest absolute Gasteiger partial charge is 0.325 e. The Kier molecular flexibility index (Phi) is 6.72. The van der Waals surface area contributed by atoms with Gasteiger partial charge in [-0.15, -0.1) is 0 Å². The average molecular weight is 334 g/mol. The minimum absolute atomic E-state index is 0.0938. The maximum Gasteiger partial charge on any atom is 0.325 e. The maximum atomic E-state index is 10.4. The normalized spacial score (nSPS) is 12.4. The molecule has 0 radical (unpaired) electrons. The summed E-state index contributed by atoms with van der Waals surface area (Å²) < 4.78 is 0. The van der Waals surface area contributed by atoms with E-state index < -0.39 is 24.0 Å². The lowest BCUT2D eigenvalue weighted by molar-refractivity contribution is -0.139. The fraction of sp³-hybridized carbons (Fsp3) is 0.125. The Morgan fingerprint density at radius 1 is 0.667 bits per heavy atom. The van der Waals surface area contributed by atoms with Crippen LogP contribution in [0.5, 0.6) is 11.5 Å². The zero-order valence-corrected chi connectivity index (χ0v) is 12.5. The molecule has 0 aliphatic heterocycles. The molecule has 0 amide bonds. The molecule has 8 heteroatoms. The SMILES string of the molecule is N[C@@H](C(=O)O)c1ccc(O)cc1.N[C@@H](C(=O)O)c1ccc(O)cc1. The molecular weight excluding hydrogens is 316 g/mol. The van der Waals surface area contributed by atoms with Crippen molar-refractivity contribution in [3.05, 3.63) is 59.7 Å². The second-order valence-corrected chi connectivity index (χ2v) is 4.81. The number of carboxylic acids is 2. The van der Waals surface area contributed by atoms with E-state index in [1.807, 2.05) is 0 Å². The van der Waals surface area contributed by atoms with Gasteiger partial charge in [-0.25, -0.2) is 0 Å². The van der Waals surface area contributed by atoms with E-state index in [0.29, 0.717) is 11.1 Å². The summed E-state index contributed by atoms with van der Waals surface area (Å²) in [6.45, 7) is 0. The van der Waals surface area contributed by atoms with Crippen molar-refractivity contribution in [3.63, 3.8) is 0 Å². The summed E-state index contributed by atoms with van der Waals surface area (Å²) in [5.74, 6) is -1.98. The summed E-state index contributed by atoms with van der Waals surface area (Å²) in [5, 5.41) is 34.8. The van der Waals surface area contributed by atoms with E-state index in [4.69, 9.17) is 31.9 Å². The number of phenols is 2. The molecule has 2 aromatic rings. The standard InChI is InChI=1S/2C8H9NO3/c2*9-7(8(11)12)5-1-3-6(10)4-2-5/h2*1-4,7,10H,9H2,(H,11,12)/t2*7-/m11/s1. The van der Waals surface area contributed by atoms with Crippen molar-refractivity contribution in [1.29, 1.82) is 0 Å². The maximum absolute atomic E-state index is 10.4. The van der Waals surface area contributed by atoms with E-state index in [-0.39, 0.29) is 11.5 Å². The van der Waals surface area contributed by atoms with E-state index in [9.17, 15) is 9.59 Å². The van der Waals surface area contributed by atoms with E-state index >= 15 is 0 Å². The molecule has 0 unspecified atom stereocenters. The molecule has 0 saturated carbocycles. The van der Waals surface area contributed by atoms with Crippen molar-refractivity contribution in [2.45, 2.75) is 12.1 Å². The van der Waals surface area contributed by atoms with Gasteiger partial charge in [0, 0.05) is 0 Å². The number of hydrogen-bond donors (Lipinski definition) is 6. The third-order valence-corrected chi connectivity index (χ3v) is 3.04. The van der Waals surface area contributed by atoms with Gasteiger partial charge in [0.1, 0.15) is 23.6 Å². The van der Waals surface area contributed by atoms with Crippen LogP contribution in [0, 0.1) is 0 Å². The number of carboxylic acid groups (broad SMARTS) is 2. The summed E-state index contributed by atoms with van der Waals surface area (Å²) in [5.41, 5.74) is 11.6. The fourth-order valence-electron chi connectivity index (χ4n) is 1.65. The lowest BCUT2D eigenvalue weighted by Gasteiger charge is -2.05. The molecule has 0 aliphatic rings. The largest absolute Gasteiger partial charge is 0.508 e. The molecule has 2 rings (SSSR count). The molecule has 0 saturated heterocycles. The van der Waals surface area contributed by atoms with Crippen molar-refractivity contribution in [2.24, 2.45) is 11.5 Å². The first-order valence-electron chi connectivity index (χ1n) is 6.77. The summed E-state index contributed by atoms with van der Waals surface area (Å²) in [6.07, 6.45) is 0. The summed E-state index contributed by atoms with van der Waals surface area (Å²) in [6, 6.07) is 9.48. The van der Waals surface area contributed by atoms with Crippen LogP contribution < -0.4 is 11.5 Å². The number of aliphatic carboxylic acids is 2. The third kappa shape index (κ3) is 5.59. The lowest BCUT2D eigenvalue weighted by Crippen LogP contribution is -2.20. The Morgan fingerprint density at radius 2 is 0.917 bits per heavy atom. The van der Waals surface area contributed by atoms with Crippen molar-refractivity contribution in [3.8, 4) is 11.5 Å². The molecule has 8 nitrogen and oxygen atoms in total. The number of hydrogen-bond acceptors (Lipinski definition) is 6. The van der Waals surface area contributed by atoms with Crippen LogP contribution >= 0.6 is 0 Å². The Bertz CT molecular complexity index is 623. The minimum atomic E-state index is -1.08. The van der Waals surface area contributed by atoms with Crippen LogP contribution in [0.3, 0.4) is 0 Å². The first-order chi connectivity index (χ1) is 11.2. The molecule has 2 aromatic carbocycles. The monoisotopic (exact) mass is 334 g/mol. The highest BCUT2D eigenvalue weighted by molar-refractivity contribution is 5.75. The van der Waals surface area contributed by atoms with Crippen molar-refractivity contribution < 1.29 is 30.0 Å². The van der Waals surface area contributed by atoms with E-state index in [2.05, 4.69) is 0 Å². The third-order valence-electron chi connectivity index (χ3n) is 3.04. The molecule has 0 aromatic heterocycles. The highest BCUT2D eigenvalue weighted by Gasteiger charge is 2.13. The van der Waals surface area contributed by atoms with Gasteiger partial charge in [0.15, 0.2) is 0 Å². The molecule has 0 heterocycles. The predicted molar refractivity (Wildman–Crippen MR) is 85.3 cm³/mol. The quantitative estimate of drug-likeness (QED) is 0.480. The van der Waals surface area contributed by atoms with Crippen LogP contribution in [-0.2, 0) is 9.59 Å². The zero-order chi connectivity index (χ0) is 18.3. The molecule has 24 heavy (non-hydrogen) atoms. The summed E-state index contributed by atoms with van der Waals surface area (Å²) in [4.78, 5) is 20.8. The van der Waals surface area contributed by atoms with E-state index in [1.54, 1.807) is 0 Å². The van der Waals surface area contributed by atoms with Crippen molar-refractivity contribution in [2.75, 3.05) is 0 Å². The van der Waals surface area contributed by atoms with Gasteiger partial charge in [-0.2, -0.15) is 0 Å². The van der Waals surface area contributed by atoms with E-state index in [0.717, 1.165) is 0 Å². The molecular formula is C16H18N2O6. The number of rotatable bonds is 4. The van der Waals surface area contributed by atoms with Gasteiger partial charge in [-0.1, -0.05) is 24.3 Å². The van der Waals surface area contributed by atoms with Crippen molar-refractivity contribution in [1.82, 2.24) is 0 Å². The van der Waals surface area contributed by atoms with Gasteiger partial charge >= 0.3 is 11.9 Å². The second-order valence-electron chi connectivity index (χ2n) is 4.81. The first-order valence-corrected chi connectivity index (χ1v) is 6.77. The molecule has 0 bridgehead atoms.